The van der Waals surface area contributed by atoms with Crippen LogP contribution in [0.15, 0.2) is 42.7 Å². The lowest BCUT2D eigenvalue weighted by molar-refractivity contribution is 0.102. The number of benzene rings is 1. The van der Waals surface area contributed by atoms with E-state index >= 15 is 0 Å². The van der Waals surface area contributed by atoms with Crippen molar-refractivity contribution in [3.8, 4) is 11.3 Å². The summed E-state index contributed by atoms with van der Waals surface area (Å²) < 4.78 is 0. The fourth-order valence-electron chi connectivity index (χ4n) is 2.59. The van der Waals surface area contributed by atoms with Crippen molar-refractivity contribution >= 4 is 22.4 Å². The van der Waals surface area contributed by atoms with Crippen molar-refractivity contribution in [2.24, 2.45) is 0 Å². The quantitative estimate of drug-likeness (QED) is 0.701. The standard InChI is InChI=1S/C20H21N3OS/c1-4-5-17-18(16-7-6-13(2)14(3)12-16)22-20(25-17)23-19(24)15-8-10-21-11-9-15/h6-12H,4-5H2,1-3H3,(H,22,23,24). The molecule has 0 saturated heterocycles. The first-order valence-electron chi connectivity index (χ1n) is 8.37. The molecule has 25 heavy (non-hydrogen) atoms. The zero-order valence-electron chi connectivity index (χ0n) is 14.7. The van der Waals surface area contributed by atoms with Crippen molar-refractivity contribution in [2.75, 3.05) is 5.32 Å². The number of amides is 1. The van der Waals surface area contributed by atoms with Crippen LogP contribution in [-0.4, -0.2) is 15.9 Å². The Balaban J connectivity index is 1.91. The monoisotopic (exact) mass is 351 g/mol. The summed E-state index contributed by atoms with van der Waals surface area (Å²) >= 11 is 1.55. The topological polar surface area (TPSA) is 54.9 Å². The Kier molecular flexibility index (Phi) is 5.24. The molecule has 0 bridgehead atoms. The van der Waals surface area contributed by atoms with E-state index in [1.807, 2.05) is 0 Å². The number of rotatable bonds is 5. The minimum atomic E-state index is -0.161. The maximum atomic E-state index is 12.4. The van der Waals surface area contributed by atoms with E-state index in [1.165, 1.54) is 16.0 Å². The van der Waals surface area contributed by atoms with Gasteiger partial charge in [-0.25, -0.2) is 4.98 Å². The van der Waals surface area contributed by atoms with Crippen LogP contribution in [0, 0.1) is 13.8 Å². The fourth-order valence-corrected chi connectivity index (χ4v) is 3.67. The van der Waals surface area contributed by atoms with Gasteiger partial charge in [-0.3, -0.25) is 15.1 Å². The predicted octanol–water partition coefficient (Wildman–Crippen LogP) is 5.03. The zero-order valence-corrected chi connectivity index (χ0v) is 15.5. The van der Waals surface area contributed by atoms with Crippen LogP contribution in [0.3, 0.4) is 0 Å². The van der Waals surface area contributed by atoms with Gasteiger partial charge in [0.25, 0.3) is 5.91 Å². The normalized spacial score (nSPS) is 10.7. The first kappa shape index (κ1) is 17.3. The van der Waals surface area contributed by atoms with Crippen LogP contribution in [0.4, 0.5) is 5.13 Å². The Bertz CT molecular complexity index is 887. The maximum Gasteiger partial charge on any atom is 0.257 e. The molecule has 3 rings (SSSR count). The molecule has 0 aliphatic rings. The van der Waals surface area contributed by atoms with E-state index in [0.29, 0.717) is 10.7 Å². The summed E-state index contributed by atoms with van der Waals surface area (Å²) in [5, 5.41) is 3.55. The summed E-state index contributed by atoms with van der Waals surface area (Å²) in [5.41, 5.74) is 5.17. The molecule has 1 amide bonds. The van der Waals surface area contributed by atoms with Gasteiger partial charge in [0.2, 0.25) is 0 Å². The molecule has 3 aromatic rings. The highest BCUT2D eigenvalue weighted by Crippen LogP contribution is 2.33. The number of nitrogens with zero attached hydrogens (tertiary/aromatic N) is 2. The van der Waals surface area contributed by atoms with Gasteiger partial charge in [0, 0.05) is 28.4 Å². The summed E-state index contributed by atoms with van der Waals surface area (Å²) in [5.74, 6) is -0.161. The molecule has 4 nitrogen and oxygen atoms in total. The molecular weight excluding hydrogens is 330 g/mol. The highest BCUT2D eigenvalue weighted by Gasteiger charge is 2.15. The third-order valence-electron chi connectivity index (χ3n) is 4.12. The average Bonchev–Trinajstić information content (AvgIpc) is 3.01. The Hall–Kier alpha value is -2.53. The smallest absolute Gasteiger partial charge is 0.257 e. The fraction of sp³-hybridized carbons (Fsp3) is 0.250. The van der Waals surface area contributed by atoms with Gasteiger partial charge in [-0.2, -0.15) is 0 Å². The minimum Gasteiger partial charge on any atom is -0.298 e. The number of carbonyl (C=O) groups excluding carboxylic acids is 1. The van der Waals surface area contributed by atoms with E-state index in [2.05, 4.69) is 49.3 Å². The Morgan fingerprint density at radius 2 is 1.88 bits per heavy atom. The summed E-state index contributed by atoms with van der Waals surface area (Å²) in [4.78, 5) is 22.2. The molecule has 0 saturated carbocycles. The van der Waals surface area contributed by atoms with Crippen molar-refractivity contribution in [3.05, 3.63) is 64.3 Å². The summed E-state index contributed by atoms with van der Waals surface area (Å²) in [6.07, 6.45) is 5.21. The predicted molar refractivity (Wildman–Crippen MR) is 103 cm³/mol. The number of hydrogen-bond acceptors (Lipinski definition) is 4. The summed E-state index contributed by atoms with van der Waals surface area (Å²) in [6.45, 7) is 6.36. The van der Waals surface area contributed by atoms with Crippen molar-refractivity contribution < 1.29 is 4.79 Å². The van der Waals surface area contributed by atoms with Crippen molar-refractivity contribution in [1.82, 2.24) is 9.97 Å². The molecule has 0 aliphatic carbocycles. The van der Waals surface area contributed by atoms with Crippen LogP contribution in [0.25, 0.3) is 11.3 Å². The zero-order chi connectivity index (χ0) is 17.8. The van der Waals surface area contributed by atoms with Crippen molar-refractivity contribution in [1.29, 1.82) is 0 Å². The number of carbonyl (C=O) groups is 1. The second-order valence-corrected chi connectivity index (χ2v) is 7.11. The van der Waals surface area contributed by atoms with Gasteiger partial charge in [0.1, 0.15) is 0 Å². The number of thiazole rings is 1. The minimum absolute atomic E-state index is 0.161. The summed E-state index contributed by atoms with van der Waals surface area (Å²) in [7, 11) is 0. The molecule has 1 aromatic carbocycles. The largest absolute Gasteiger partial charge is 0.298 e. The second kappa shape index (κ2) is 7.57. The Labute approximate surface area is 152 Å². The van der Waals surface area contributed by atoms with E-state index < -0.39 is 0 Å². The molecule has 0 aliphatic heterocycles. The highest BCUT2D eigenvalue weighted by molar-refractivity contribution is 7.16. The average molecular weight is 351 g/mol. The van der Waals surface area contributed by atoms with Crippen LogP contribution in [0.5, 0.6) is 0 Å². The number of nitrogens with one attached hydrogen (secondary N) is 1. The molecule has 1 N–H and O–H groups in total. The third kappa shape index (κ3) is 3.94. The molecule has 2 heterocycles. The Morgan fingerprint density at radius 3 is 2.56 bits per heavy atom. The van der Waals surface area contributed by atoms with Gasteiger partial charge in [-0.15, -0.1) is 11.3 Å². The summed E-state index contributed by atoms with van der Waals surface area (Å²) in [6, 6.07) is 9.78. The lowest BCUT2D eigenvalue weighted by atomic mass is 10.0. The van der Waals surface area contributed by atoms with Gasteiger partial charge >= 0.3 is 0 Å². The second-order valence-electron chi connectivity index (χ2n) is 6.03. The van der Waals surface area contributed by atoms with Crippen molar-refractivity contribution in [3.63, 3.8) is 0 Å². The molecule has 128 valence electrons. The molecule has 2 aromatic heterocycles. The van der Waals surface area contributed by atoms with Crippen LogP contribution < -0.4 is 5.32 Å². The number of hydrogen-bond donors (Lipinski definition) is 1. The molecule has 0 atom stereocenters. The molecule has 0 fully saturated rings. The number of aromatic nitrogens is 2. The lowest BCUT2D eigenvalue weighted by Crippen LogP contribution is -2.11. The van der Waals surface area contributed by atoms with E-state index in [0.717, 1.165) is 24.1 Å². The van der Waals surface area contributed by atoms with Gasteiger partial charge in [0.15, 0.2) is 5.13 Å². The van der Waals surface area contributed by atoms with Crippen LogP contribution in [0.1, 0.15) is 39.7 Å². The van der Waals surface area contributed by atoms with Crippen molar-refractivity contribution in [2.45, 2.75) is 33.6 Å². The molecular formula is C20H21N3OS. The van der Waals surface area contributed by atoms with E-state index in [1.54, 1.807) is 35.9 Å². The van der Waals surface area contributed by atoms with Crippen LogP contribution in [-0.2, 0) is 6.42 Å². The first-order chi connectivity index (χ1) is 12.1. The van der Waals surface area contributed by atoms with E-state index in [4.69, 9.17) is 4.98 Å². The van der Waals surface area contributed by atoms with Crippen LogP contribution >= 0.6 is 11.3 Å². The number of aryl methyl sites for hydroxylation is 3. The van der Waals surface area contributed by atoms with Gasteiger partial charge in [-0.05, 0) is 49.6 Å². The number of anilines is 1. The molecule has 0 radical (unpaired) electrons. The lowest BCUT2D eigenvalue weighted by Gasteiger charge is -2.05. The van der Waals surface area contributed by atoms with Gasteiger partial charge < -0.3 is 0 Å². The molecule has 0 spiro atoms. The SMILES string of the molecule is CCCc1sc(NC(=O)c2ccncc2)nc1-c1ccc(C)c(C)c1. The van der Waals surface area contributed by atoms with Crippen LogP contribution in [0.2, 0.25) is 0 Å². The highest BCUT2D eigenvalue weighted by atomic mass is 32.1. The maximum absolute atomic E-state index is 12.4. The molecule has 0 unspecified atom stereocenters. The van der Waals surface area contributed by atoms with E-state index in [9.17, 15) is 4.79 Å². The molecule has 5 heteroatoms. The third-order valence-corrected chi connectivity index (χ3v) is 5.15. The van der Waals surface area contributed by atoms with Gasteiger partial charge in [-0.1, -0.05) is 25.5 Å². The van der Waals surface area contributed by atoms with E-state index in [-0.39, 0.29) is 5.91 Å². The van der Waals surface area contributed by atoms with Gasteiger partial charge in [0.05, 0.1) is 5.69 Å². The Morgan fingerprint density at radius 1 is 1.12 bits per heavy atom. The first-order valence-corrected chi connectivity index (χ1v) is 9.19. The number of pyridine rings is 1.